The van der Waals surface area contributed by atoms with E-state index in [0.29, 0.717) is 6.42 Å². The summed E-state index contributed by atoms with van der Waals surface area (Å²) >= 11 is 0. The van der Waals surface area contributed by atoms with Gasteiger partial charge in [-0.3, -0.25) is 9.59 Å². The first-order chi connectivity index (χ1) is 9.56. The van der Waals surface area contributed by atoms with E-state index in [-0.39, 0.29) is 18.4 Å². The lowest BCUT2D eigenvalue weighted by molar-refractivity contribution is -0.131. The SMILES string of the molecule is CCCC1NC(=O)CN(c2ccc(OC)c(C)c2)C1=O. The smallest absolute Gasteiger partial charge is 0.250 e. The molecule has 0 radical (unpaired) electrons. The molecule has 1 atom stereocenters. The molecule has 5 nitrogen and oxygen atoms in total. The Labute approximate surface area is 118 Å². The van der Waals surface area contributed by atoms with Crippen molar-refractivity contribution >= 4 is 17.5 Å². The van der Waals surface area contributed by atoms with E-state index in [2.05, 4.69) is 5.32 Å². The number of anilines is 1. The van der Waals surface area contributed by atoms with E-state index in [1.165, 1.54) is 0 Å². The van der Waals surface area contributed by atoms with Crippen molar-refractivity contribution < 1.29 is 14.3 Å². The molecule has 1 unspecified atom stereocenters. The monoisotopic (exact) mass is 276 g/mol. The number of benzene rings is 1. The predicted octanol–water partition coefficient (Wildman–Crippen LogP) is 1.64. The van der Waals surface area contributed by atoms with Gasteiger partial charge >= 0.3 is 0 Å². The standard InChI is InChI=1S/C15H20N2O3/c1-4-5-12-15(19)17(9-14(18)16-12)11-6-7-13(20-3)10(2)8-11/h6-8,12H,4-5,9H2,1-3H3,(H,16,18). The zero-order valence-electron chi connectivity index (χ0n) is 12.1. The van der Waals surface area contributed by atoms with Gasteiger partial charge in [0.15, 0.2) is 0 Å². The third-order valence-electron chi connectivity index (χ3n) is 3.47. The van der Waals surface area contributed by atoms with Crippen LogP contribution in [0.5, 0.6) is 5.75 Å². The minimum atomic E-state index is -0.413. The maximum atomic E-state index is 12.4. The summed E-state index contributed by atoms with van der Waals surface area (Å²) in [6.45, 7) is 3.99. The van der Waals surface area contributed by atoms with Crippen molar-refractivity contribution in [1.82, 2.24) is 5.32 Å². The molecule has 108 valence electrons. The molecular formula is C15H20N2O3. The van der Waals surface area contributed by atoms with Crippen LogP contribution in [0.3, 0.4) is 0 Å². The second-order valence-corrected chi connectivity index (χ2v) is 4.99. The van der Waals surface area contributed by atoms with Gasteiger partial charge in [0.2, 0.25) is 11.8 Å². The Morgan fingerprint density at radius 1 is 1.40 bits per heavy atom. The minimum absolute atomic E-state index is 0.0454. The van der Waals surface area contributed by atoms with Crippen LogP contribution in [0.2, 0.25) is 0 Å². The largest absolute Gasteiger partial charge is 0.496 e. The van der Waals surface area contributed by atoms with Crippen LogP contribution in [0.1, 0.15) is 25.3 Å². The van der Waals surface area contributed by atoms with Gasteiger partial charge in [0.05, 0.1) is 7.11 Å². The number of nitrogens with one attached hydrogen (secondary N) is 1. The van der Waals surface area contributed by atoms with Crippen molar-refractivity contribution in [3.63, 3.8) is 0 Å². The molecule has 1 aromatic rings. The van der Waals surface area contributed by atoms with Crippen LogP contribution in [-0.2, 0) is 9.59 Å². The van der Waals surface area contributed by atoms with Gasteiger partial charge in [0, 0.05) is 5.69 Å². The predicted molar refractivity (Wildman–Crippen MR) is 76.9 cm³/mol. The van der Waals surface area contributed by atoms with E-state index in [9.17, 15) is 9.59 Å². The Morgan fingerprint density at radius 2 is 2.15 bits per heavy atom. The maximum Gasteiger partial charge on any atom is 0.250 e. The molecule has 0 spiro atoms. The molecule has 0 aliphatic carbocycles. The number of amides is 2. The first kappa shape index (κ1) is 14.4. The average molecular weight is 276 g/mol. The highest BCUT2D eigenvalue weighted by Gasteiger charge is 2.32. The number of carbonyl (C=O) groups is 2. The van der Waals surface area contributed by atoms with E-state index in [1.807, 2.05) is 32.0 Å². The highest BCUT2D eigenvalue weighted by atomic mass is 16.5. The third kappa shape index (κ3) is 2.76. The molecule has 2 amide bonds. The number of nitrogens with zero attached hydrogens (tertiary/aromatic N) is 1. The average Bonchev–Trinajstić information content (AvgIpc) is 2.42. The van der Waals surface area contributed by atoms with Gasteiger partial charge in [0.1, 0.15) is 18.3 Å². The van der Waals surface area contributed by atoms with Crippen molar-refractivity contribution in [2.75, 3.05) is 18.6 Å². The van der Waals surface area contributed by atoms with Crippen molar-refractivity contribution in [3.05, 3.63) is 23.8 Å². The second kappa shape index (κ2) is 5.94. The number of ether oxygens (including phenoxy) is 1. The van der Waals surface area contributed by atoms with Crippen LogP contribution in [0.25, 0.3) is 0 Å². The zero-order chi connectivity index (χ0) is 14.7. The summed E-state index contributed by atoms with van der Waals surface area (Å²) in [6, 6.07) is 5.09. The topological polar surface area (TPSA) is 58.6 Å². The fourth-order valence-electron chi connectivity index (χ4n) is 2.44. The van der Waals surface area contributed by atoms with E-state index in [0.717, 1.165) is 23.4 Å². The summed E-state index contributed by atoms with van der Waals surface area (Å²) in [5.74, 6) is 0.611. The number of hydrogen-bond donors (Lipinski definition) is 1. The van der Waals surface area contributed by atoms with Crippen molar-refractivity contribution in [1.29, 1.82) is 0 Å². The molecule has 1 aromatic carbocycles. The lowest BCUT2D eigenvalue weighted by Gasteiger charge is -2.32. The van der Waals surface area contributed by atoms with Crippen molar-refractivity contribution in [3.8, 4) is 5.75 Å². The van der Waals surface area contributed by atoms with E-state index < -0.39 is 6.04 Å². The first-order valence-electron chi connectivity index (χ1n) is 6.82. The maximum absolute atomic E-state index is 12.4. The Bertz CT molecular complexity index is 528. The van der Waals surface area contributed by atoms with Crippen LogP contribution < -0.4 is 15.0 Å². The lowest BCUT2D eigenvalue weighted by atomic mass is 10.1. The fraction of sp³-hybridized carbons (Fsp3) is 0.467. The van der Waals surface area contributed by atoms with E-state index >= 15 is 0 Å². The summed E-state index contributed by atoms with van der Waals surface area (Å²) in [5, 5.41) is 2.75. The van der Waals surface area contributed by atoms with Crippen LogP contribution in [0.4, 0.5) is 5.69 Å². The molecular weight excluding hydrogens is 256 g/mol. The molecule has 2 rings (SSSR count). The number of carbonyl (C=O) groups excluding carboxylic acids is 2. The summed E-state index contributed by atoms with van der Waals surface area (Å²) in [4.78, 5) is 25.7. The molecule has 1 aliphatic rings. The van der Waals surface area contributed by atoms with Gasteiger partial charge < -0.3 is 15.0 Å². The van der Waals surface area contributed by atoms with Gasteiger partial charge in [0.25, 0.3) is 0 Å². The van der Waals surface area contributed by atoms with Gasteiger partial charge in [-0.2, -0.15) is 0 Å². The van der Waals surface area contributed by atoms with Gasteiger partial charge in [-0.05, 0) is 37.1 Å². The highest BCUT2D eigenvalue weighted by Crippen LogP contribution is 2.25. The molecule has 0 aromatic heterocycles. The highest BCUT2D eigenvalue weighted by molar-refractivity contribution is 6.06. The molecule has 1 aliphatic heterocycles. The van der Waals surface area contributed by atoms with Crippen LogP contribution in [0.15, 0.2) is 18.2 Å². The normalized spacial score (nSPS) is 18.9. The lowest BCUT2D eigenvalue weighted by Crippen LogP contribution is -2.58. The number of rotatable bonds is 4. The molecule has 0 bridgehead atoms. The summed E-state index contributed by atoms with van der Waals surface area (Å²) < 4.78 is 5.21. The Hall–Kier alpha value is -2.04. The second-order valence-electron chi connectivity index (χ2n) is 4.99. The summed E-state index contributed by atoms with van der Waals surface area (Å²) in [5.41, 5.74) is 1.68. The summed E-state index contributed by atoms with van der Waals surface area (Å²) in [6.07, 6.45) is 1.52. The van der Waals surface area contributed by atoms with Crippen LogP contribution in [0, 0.1) is 6.92 Å². The number of piperazine rings is 1. The van der Waals surface area contributed by atoms with Crippen LogP contribution in [-0.4, -0.2) is 31.5 Å². The molecule has 5 heteroatoms. The van der Waals surface area contributed by atoms with Gasteiger partial charge in [-0.1, -0.05) is 13.3 Å². The minimum Gasteiger partial charge on any atom is -0.496 e. The van der Waals surface area contributed by atoms with Crippen molar-refractivity contribution in [2.45, 2.75) is 32.7 Å². The summed E-state index contributed by atoms with van der Waals surface area (Å²) in [7, 11) is 1.61. The Morgan fingerprint density at radius 3 is 2.75 bits per heavy atom. The first-order valence-corrected chi connectivity index (χ1v) is 6.82. The quantitative estimate of drug-likeness (QED) is 0.909. The van der Waals surface area contributed by atoms with Gasteiger partial charge in [-0.25, -0.2) is 0 Å². The fourth-order valence-corrected chi connectivity index (χ4v) is 2.44. The molecule has 0 saturated carbocycles. The molecule has 1 saturated heterocycles. The number of hydrogen-bond acceptors (Lipinski definition) is 3. The molecule has 1 N–H and O–H groups in total. The molecule has 20 heavy (non-hydrogen) atoms. The number of methoxy groups -OCH3 is 1. The van der Waals surface area contributed by atoms with Crippen molar-refractivity contribution in [2.24, 2.45) is 0 Å². The zero-order valence-corrected chi connectivity index (χ0v) is 12.1. The Balaban J connectivity index is 2.28. The molecule has 1 fully saturated rings. The van der Waals surface area contributed by atoms with Gasteiger partial charge in [-0.15, -0.1) is 0 Å². The Kier molecular flexibility index (Phi) is 4.27. The van der Waals surface area contributed by atoms with Crippen LogP contribution >= 0.6 is 0 Å². The number of aryl methyl sites for hydroxylation is 1. The van der Waals surface area contributed by atoms with E-state index in [4.69, 9.17) is 4.74 Å². The van der Waals surface area contributed by atoms with E-state index in [1.54, 1.807) is 12.0 Å². The third-order valence-corrected chi connectivity index (χ3v) is 3.47. The molecule has 1 heterocycles.